The molecule has 0 spiro atoms. The van der Waals surface area contributed by atoms with Crippen molar-refractivity contribution in [2.75, 3.05) is 12.3 Å². The summed E-state index contributed by atoms with van der Waals surface area (Å²) in [5.41, 5.74) is 9.90. The van der Waals surface area contributed by atoms with Gasteiger partial charge in [0.1, 0.15) is 23.9 Å². The first-order valence-corrected chi connectivity index (χ1v) is 10.9. The Bertz CT molecular complexity index is 1120. The van der Waals surface area contributed by atoms with E-state index >= 15 is 0 Å². The minimum atomic E-state index is -1.03. The maximum atomic E-state index is 14.5. The third-order valence-corrected chi connectivity index (χ3v) is 6.93. The van der Waals surface area contributed by atoms with E-state index in [1.165, 1.54) is 29.2 Å². The highest BCUT2D eigenvalue weighted by molar-refractivity contribution is 9.10. The van der Waals surface area contributed by atoms with Crippen molar-refractivity contribution in [1.29, 1.82) is 0 Å². The van der Waals surface area contributed by atoms with Gasteiger partial charge in [-0.15, -0.1) is 0 Å². The van der Waals surface area contributed by atoms with E-state index in [0.29, 0.717) is 18.5 Å². The van der Waals surface area contributed by atoms with Crippen LogP contribution in [0.1, 0.15) is 29.2 Å². The first kappa shape index (κ1) is 19.9. The molecular formula is C21H23BrFN5O2. The van der Waals surface area contributed by atoms with Crippen molar-refractivity contribution in [1.82, 2.24) is 19.9 Å². The van der Waals surface area contributed by atoms with Crippen molar-refractivity contribution in [2.45, 2.75) is 44.1 Å². The van der Waals surface area contributed by atoms with Crippen molar-refractivity contribution >= 4 is 32.8 Å². The van der Waals surface area contributed by atoms with E-state index < -0.39 is 24.1 Å². The lowest BCUT2D eigenvalue weighted by molar-refractivity contribution is 0.00674. The quantitative estimate of drug-likeness (QED) is 0.461. The number of nitrogens with zero attached hydrogens (tertiary/aromatic N) is 3. The molecule has 0 amide bonds. The van der Waals surface area contributed by atoms with Crippen molar-refractivity contribution < 1.29 is 14.6 Å². The van der Waals surface area contributed by atoms with Crippen LogP contribution in [0.2, 0.25) is 0 Å². The third kappa shape index (κ3) is 3.20. The normalized spacial score (nSPS) is 26.3. The Balaban J connectivity index is 1.47. The summed E-state index contributed by atoms with van der Waals surface area (Å²) >= 11 is 3.60. The molecule has 30 heavy (non-hydrogen) atoms. The molecule has 1 aromatic carbocycles. The van der Waals surface area contributed by atoms with E-state index in [1.807, 2.05) is 0 Å². The van der Waals surface area contributed by atoms with Gasteiger partial charge in [-0.3, -0.25) is 0 Å². The second kappa shape index (κ2) is 7.56. The number of anilines is 1. The number of nitrogens with one attached hydrogen (secondary N) is 1. The lowest BCUT2D eigenvalue weighted by Crippen LogP contribution is -2.30. The molecule has 1 fully saturated rings. The number of nitrogens with two attached hydrogens (primary N) is 1. The Labute approximate surface area is 181 Å². The molecule has 7 nitrogen and oxygen atoms in total. The van der Waals surface area contributed by atoms with Gasteiger partial charge in [0.2, 0.25) is 0 Å². The molecule has 1 aliphatic heterocycles. The van der Waals surface area contributed by atoms with Crippen LogP contribution >= 0.6 is 15.9 Å². The van der Waals surface area contributed by atoms with Crippen molar-refractivity contribution in [2.24, 2.45) is 5.92 Å². The van der Waals surface area contributed by atoms with E-state index in [9.17, 15) is 14.6 Å². The van der Waals surface area contributed by atoms with Gasteiger partial charge in [0.15, 0.2) is 5.82 Å². The van der Waals surface area contributed by atoms with E-state index in [1.54, 1.807) is 4.57 Å². The molecule has 0 bridgehead atoms. The molecule has 2 aliphatic rings. The smallest absolute Gasteiger partial charge is 0.154 e. The fourth-order valence-electron chi connectivity index (χ4n) is 5.00. The summed E-state index contributed by atoms with van der Waals surface area (Å²) in [4.78, 5) is 8.02. The molecule has 9 heteroatoms. The monoisotopic (exact) mass is 475 g/mol. The van der Waals surface area contributed by atoms with Crippen LogP contribution in [0.3, 0.4) is 0 Å². The van der Waals surface area contributed by atoms with Gasteiger partial charge in [-0.1, -0.05) is 15.9 Å². The zero-order valence-electron chi connectivity index (χ0n) is 16.2. The molecule has 158 valence electrons. The second-order valence-electron chi connectivity index (χ2n) is 8.22. The van der Waals surface area contributed by atoms with Crippen molar-refractivity contribution in [3.05, 3.63) is 51.6 Å². The number of rotatable bonds is 3. The first-order valence-electron chi connectivity index (χ1n) is 10.1. The average Bonchev–Trinajstić information content (AvgIpc) is 3.20. The largest absolute Gasteiger partial charge is 0.390 e. The Morgan fingerprint density at radius 1 is 1.27 bits per heavy atom. The maximum Gasteiger partial charge on any atom is 0.154 e. The lowest BCUT2D eigenvalue weighted by atomic mass is 9.88. The van der Waals surface area contributed by atoms with Crippen molar-refractivity contribution in [3.8, 4) is 0 Å². The molecule has 4 atom stereocenters. The Hall–Kier alpha value is -2.07. The summed E-state index contributed by atoms with van der Waals surface area (Å²) in [6.45, 7) is 1.75. The van der Waals surface area contributed by atoms with Gasteiger partial charge >= 0.3 is 0 Å². The van der Waals surface area contributed by atoms with E-state index in [4.69, 9.17) is 5.73 Å². The van der Waals surface area contributed by atoms with Gasteiger partial charge in [-0.25, -0.2) is 14.4 Å². The number of aromatic nitrogens is 3. The van der Waals surface area contributed by atoms with Crippen molar-refractivity contribution in [3.63, 3.8) is 0 Å². The van der Waals surface area contributed by atoms with Crippen LogP contribution in [0.25, 0.3) is 11.0 Å². The molecule has 5 N–H and O–H groups in total. The summed E-state index contributed by atoms with van der Waals surface area (Å²) < 4.78 is 17.1. The predicted molar refractivity (Wildman–Crippen MR) is 114 cm³/mol. The number of nitrogen functional groups attached to an aromatic ring is 1. The van der Waals surface area contributed by atoms with Gasteiger partial charge in [-0.2, -0.15) is 0 Å². The standard InChI is InChI=1S/C21H23BrFN5O2/c22-13-4-10-1-2-25-7-14(10)11(5-13)3-12-6-16(19(30)18(12)29)28-8-15(23)17-20(24)26-9-27-21(17)28/h4-5,8-9,12,16,18-19,25,29-30H,1-3,6-7H2,(H2,24,26,27)/t12-,16+,18+,19-/m0/s1. The molecular weight excluding hydrogens is 453 g/mol. The highest BCUT2D eigenvalue weighted by Crippen LogP contribution is 2.40. The zero-order valence-corrected chi connectivity index (χ0v) is 17.8. The molecule has 1 saturated carbocycles. The summed E-state index contributed by atoms with van der Waals surface area (Å²) in [6, 6.07) is 3.76. The number of hydrogen-bond donors (Lipinski definition) is 4. The summed E-state index contributed by atoms with van der Waals surface area (Å²) in [5.74, 6) is -0.625. The predicted octanol–water partition coefficient (Wildman–Crippen LogP) is 2.09. The summed E-state index contributed by atoms with van der Waals surface area (Å²) in [7, 11) is 0. The van der Waals surface area contributed by atoms with Gasteiger partial charge in [0.25, 0.3) is 0 Å². The Morgan fingerprint density at radius 2 is 2.10 bits per heavy atom. The number of hydrogen-bond acceptors (Lipinski definition) is 6. The minimum absolute atomic E-state index is 0.0640. The molecule has 3 heterocycles. The molecule has 0 radical (unpaired) electrons. The van der Waals surface area contributed by atoms with E-state index in [0.717, 1.165) is 24.0 Å². The fraction of sp³-hybridized carbons (Fsp3) is 0.429. The van der Waals surface area contributed by atoms with Gasteiger partial charge in [-0.05, 0) is 60.5 Å². The summed E-state index contributed by atoms with van der Waals surface area (Å²) in [6.07, 6.45) is 2.74. The highest BCUT2D eigenvalue weighted by Gasteiger charge is 2.43. The Kier molecular flexibility index (Phi) is 5.01. The SMILES string of the molecule is Nc1ncnc2c1c(F)cn2[C@@H]1C[C@H](Cc2cc(Br)cc3c2CNCC3)[C@@H](O)[C@H]1O. The van der Waals surface area contributed by atoms with Crippen LogP contribution in [-0.4, -0.2) is 43.5 Å². The van der Waals surface area contributed by atoms with Crippen LogP contribution in [0.5, 0.6) is 0 Å². The highest BCUT2D eigenvalue weighted by atomic mass is 79.9. The van der Waals surface area contributed by atoms with Crippen LogP contribution in [0.4, 0.5) is 10.2 Å². The molecule has 5 rings (SSSR count). The second-order valence-corrected chi connectivity index (χ2v) is 9.14. The molecule has 3 aromatic rings. The first-order chi connectivity index (χ1) is 14.4. The number of aliphatic hydroxyl groups excluding tert-OH is 2. The van der Waals surface area contributed by atoms with Gasteiger partial charge in [0.05, 0.1) is 17.5 Å². The maximum absolute atomic E-state index is 14.5. The molecule has 1 aliphatic carbocycles. The lowest BCUT2D eigenvalue weighted by Gasteiger charge is -2.23. The number of aliphatic hydroxyl groups is 2. The van der Waals surface area contributed by atoms with Crippen LogP contribution in [0, 0.1) is 11.7 Å². The molecule has 0 saturated heterocycles. The van der Waals surface area contributed by atoms with Crippen LogP contribution in [-0.2, 0) is 19.4 Å². The molecule has 2 aromatic heterocycles. The number of fused-ring (bicyclic) bond motifs is 2. The molecule has 0 unspecified atom stereocenters. The van der Waals surface area contributed by atoms with Gasteiger partial charge in [0, 0.05) is 17.2 Å². The number of halogens is 2. The average molecular weight is 476 g/mol. The summed E-state index contributed by atoms with van der Waals surface area (Å²) in [5, 5.41) is 25.2. The van der Waals surface area contributed by atoms with Gasteiger partial charge < -0.3 is 25.8 Å². The van der Waals surface area contributed by atoms with E-state index in [2.05, 4.69) is 43.3 Å². The number of benzene rings is 1. The van der Waals surface area contributed by atoms with Crippen LogP contribution < -0.4 is 11.1 Å². The zero-order chi connectivity index (χ0) is 21.0. The Morgan fingerprint density at radius 3 is 2.93 bits per heavy atom. The van der Waals surface area contributed by atoms with Crippen LogP contribution in [0.15, 0.2) is 29.1 Å². The fourth-order valence-corrected chi connectivity index (χ4v) is 5.55. The van der Waals surface area contributed by atoms with E-state index in [-0.39, 0.29) is 17.1 Å². The topological polar surface area (TPSA) is 109 Å². The third-order valence-electron chi connectivity index (χ3n) is 6.48. The minimum Gasteiger partial charge on any atom is -0.390 e.